The molecule has 0 fully saturated rings. The molecule has 3 rings (SSSR count). The Morgan fingerprint density at radius 2 is 1.89 bits per heavy atom. The summed E-state index contributed by atoms with van der Waals surface area (Å²) in [6, 6.07) is 9.34. The van der Waals surface area contributed by atoms with Crippen LogP contribution in [0.1, 0.15) is 10.4 Å². The quantitative estimate of drug-likeness (QED) is 0.762. The fourth-order valence-electron chi connectivity index (χ4n) is 1.94. The summed E-state index contributed by atoms with van der Waals surface area (Å²) in [4.78, 5) is 10.9. The van der Waals surface area contributed by atoms with Crippen molar-refractivity contribution in [2.24, 2.45) is 0 Å². The predicted molar refractivity (Wildman–Crippen MR) is 63.3 cm³/mol. The van der Waals surface area contributed by atoms with Crippen LogP contribution >= 0.6 is 0 Å². The molecule has 1 heterocycles. The number of carbonyl (C=O) groups is 1. The monoisotopic (exact) mass is 244 g/mol. The van der Waals surface area contributed by atoms with Crippen LogP contribution in [-0.2, 0) is 0 Å². The van der Waals surface area contributed by atoms with Crippen LogP contribution in [0, 0.1) is 5.82 Å². The van der Waals surface area contributed by atoms with Gasteiger partial charge in [0, 0.05) is 11.1 Å². The predicted octanol–water partition coefficient (Wildman–Crippen LogP) is 3.03. The zero-order chi connectivity index (χ0) is 12.5. The average molecular weight is 244 g/mol. The Hall–Kier alpha value is -2.36. The molecule has 2 aromatic carbocycles. The number of rotatable bonds is 2. The Kier molecular flexibility index (Phi) is 2.48. The molecule has 0 radical (unpaired) electrons. The maximum absolute atomic E-state index is 12.9. The molecule has 0 aromatic heterocycles. The average Bonchev–Trinajstić information content (AvgIpc) is 2.86. The fourth-order valence-corrected chi connectivity index (χ4v) is 1.94. The first-order valence-electron chi connectivity index (χ1n) is 5.43. The molecular formula is C14H9FO3. The lowest BCUT2D eigenvalue weighted by Gasteiger charge is -2.07. The fraction of sp³-hybridized carbons (Fsp3) is 0.0714. The topological polar surface area (TPSA) is 35.5 Å². The molecule has 0 amide bonds. The smallest absolute Gasteiger partial charge is 0.231 e. The molecule has 0 saturated carbocycles. The number of fused-ring (bicyclic) bond motifs is 1. The van der Waals surface area contributed by atoms with Crippen molar-refractivity contribution >= 4 is 6.29 Å². The molecule has 0 bridgehead atoms. The number of hydrogen-bond acceptors (Lipinski definition) is 3. The van der Waals surface area contributed by atoms with Gasteiger partial charge in [-0.3, -0.25) is 4.79 Å². The van der Waals surface area contributed by atoms with Crippen LogP contribution < -0.4 is 9.47 Å². The molecule has 2 aromatic rings. The number of halogens is 1. The molecule has 3 nitrogen and oxygen atoms in total. The number of aldehydes is 1. The van der Waals surface area contributed by atoms with E-state index >= 15 is 0 Å². The molecule has 18 heavy (non-hydrogen) atoms. The van der Waals surface area contributed by atoms with Gasteiger partial charge in [0.2, 0.25) is 6.79 Å². The number of ether oxygens (including phenoxy) is 2. The van der Waals surface area contributed by atoms with Crippen LogP contribution in [0.4, 0.5) is 4.39 Å². The van der Waals surface area contributed by atoms with E-state index in [2.05, 4.69) is 0 Å². The second kappa shape index (κ2) is 4.14. The normalized spacial score (nSPS) is 12.5. The van der Waals surface area contributed by atoms with Gasteiger partial charge >= 0.3 is 0 Å². The zero-order valence-electron chi connectivity index (χ0n) is 9.35. The SMILES string of the molecule is O=Cc1cc2c(c(-c3ccc(F)cc3)c1)OCO2. The Labute approximate surface area is 103 Å². The highest BCUT2D eigenvalue weighted by atomic mass is 19.1. The molecule has 0 N–H and O–H groups in total. The summed E-state index contributed by atoms with van der Waals surface area (Å²) in [5.74, 6) is 0.824. The lowest BCUT2D eigenvalue weighted by Crippen LogP contribution is -1.93. The zero-order valence-corrected chi connectivity index (χ0v) is 9.35. The van der Waals surface area contributed by atoms with E-state index in [1.807, 2.05) is 0 Å². The van der Waals surface area contributed by atoms with Crippen molar-refractivity contribution in [3.63, 3.8) is 0 Å². The molecular weight excluding hydrogens is 235 g/mol. The Morgan fingerprint density at radius 3 is 2.61 bits per heavy atom. The van der Waals surface area contributed by atoms with Gasteiger partial charge in [0.05, 0.1) is 0 Å². The summed E-state index contributed by atoms with van der Waals surface area (Å²) >= 11 is 0. The van der Waals surface area contributed by atoms with Gasteiger partial charge in [-0.25, -0.2) is 4.39 Å². The Morgan fingerprint density at radius 1 is 1.11 bits per heavy atom. The molecule has 0 saturated heterocycles. The molecule has 0 atom stereocenters. The van der Waals surface area contributed by atoms with E-state index in [0.717, 1.165) is 17.4 Å². The molecule has 0 unspecified atom stereocenters. The molecule has 0 spiro atoms. The minimum atomic E-state index is -0.306. The van der Waals surface area contributed by atoms with E-state index in [-0.39, 0.29) is 12.6 Å². The number of benzene rings is 2. The van der Waals surface area contributed by atoms with E-state index in [4.69, 9.17) is 9.47 Å². The highest BCUT2D eigenvalue weighted by Crippen LogP contribution is 2.42. The van der Waals surface area contributed by atoms with Gasteiger partial charge in [-0.15, -0.1) is 0 Å². The third-order valence-corrected chi connectivity index (χ3v) is 2.79. The van der Waals surface area contributed by atoms with Gasteiger partial charge in [0.1, 0.15) is 12.1 Å². The van der Waals surface area contributed by atoms with Crippen molar-refractivity contribution in [1.82, 2.24) is 0 Å². The third kappa shape index (κ3) is 1.72. The Balaban J connectivity index is 2.19. The maximum atomic E-state index is 12.9. The minimum absolute atomic E-state index is 0.131. The summed E-state index contributed by atoms with van der Waals surface area (Å²) < 4.78 is 23.6. The van der Waals surface area contributed by atoms with E-state index in [1.54, 1.807) is 24.3 Å². The van der Waals surface area contributed by atoms with Crippen molar-refractivity contribution < 1.29 is 18.7 Å². The number of carbonyl (C=O) groups excluding carboxylic acids is 1. The third-order valence-electron chi connectivity index (χ3n) is 2.79. The molecule has 90 valence electrons. The minimum Gasteiger partial charge on any atom is -0.454 e. The van der Waals surface area contributed by atoms with E-state index in [1.165, 1.54) is 12.1 Å². The first-order valence-corrected chi connectivity index (χ1v) is 5.43. The second-order valence-corrected chi connectivity index (χ2v) is 3.93. The molecule has 1 aliphatic heterocycles. The van der Waals surface area contributed by atoms with Gasteiger partial charge < -0.3 is 9.47 Å². The maximum Gasteiger partial charge on any atom is 0.231 e. The van der Waals surface area contributed by atoms with Crippen LogP contribution in [0.15, 0.2) is 36.4 Å². The van der Waals surface area contributed by atoms with Crippen molar-refractivity contribution in [1.29, 1.82) is 0 Å². The van der Waals surface area contributed by atoms with Crippen LogP contribution in [-0.4, -0.2) is 13.1 Å². The van der Waals surface area contributed by atoms with Crippen molar-refractivity contribution in [2.75, 3.05) is 6.79 Å². The molecule has 4 heteroatoms. The summed E-state index contributed by atoms with van der Waals surface area (Å²) in [6.07, 6.45) is 0.745. The van der Waals surface area contributed by atoms with Crippen LogP contribution in [0.5, 0.6) is 11.5 Å². The lowest BCUT2D eigenvalue weighted by atomic mass is 10.0. The van der Waals surface area contributed by atoms with E-state index in [0.29, 0.717) is 17.1 Å². The van der Waals surface area contributed by atoms with Crippen molar-refractivity contribution in [2.45, 2.75) is 0 Å². The van der Waals surface area contributed by atoms with Crippen LogP contribution in [0.2, 0.25) is 0 Å². The first-order chi connectivity index (χ1) is 8.78. The summed E-state index contributed by atoms with van der Waals surface area (Å²) in [5.41, 5.74) is 2.01. The summed E-state index contributed by atoms with van der Waals surface area (Å²) in [6.45, 7) is 0.131. The Bertz CT molecular complexity index is 605. The van der Waals surface area contributed by atoms with Gasteiger partial charge in [-0.1, -0.05) is 12.1 Å². The van der Waals surface area contributed by atoms with E-state index < -0.39 is 0 Å². The van der Waals surface area contributed by atoms with Gasteiger partial charge in [0.25, 0.3) is 0 Å². The summed E-state index contributed by atoms with van der Waals surface area (Å²) in [7, 11) is 0. The van der Waals surface area contributed by atoms with Crippen LogP contribution in [0.25, 0.3) is 11.1 Å². The highest BCUT2D eigenvalue weighted by Gasteiger charge is 2.20. The van der Waals surface area contributed by atoms with Crippen LogP contribution in [0.3, 0.4) is 0 Å². The van der Waals surface area contributed by atoms with Gasteiger partial charge in [-0.05, 0) is 29.8 Å². The molecule has 1 aliphatic rings. The first kappa shape index (κ1) is 10.8. The van der Waals surface area contributed by atoms with Crippen molar-refractivity contribution in [3.05, 3.63) is 47.8 Å². The van der Waals surface area contributed by atoms with Gasteiger partial charge in [0.15, 0.2) is 11.5 Å². The summed E-state index contributed by atoms with van der Waals surface area (Å²) in [5, 5.41) is 0. The largest absolute Gasteiger partial charge is 0.454 e. The highest BCUT2D eigenvalue weighted by molar-refractivity contribution is 5.84. The van der Waals surface area contributed by atoms with Crippen molar-refractivity contribution in [3.8, 4) is 22.6 Å². The second-order valence-electron chi connectivity index (χ2n) is 3.93. The molecule has 0 aliphatic carbocycles. The van der Waals surface area contributed by atoms with Gasteiger partial charge in [-0.2, -0.15) is 0 Å². The van der Waals surface area contributed by atoms with E-state index in [9.17, 15) is 9.18 Å². The lowest BCUT2D eigenvalue weighted by molar-refractivity contribution is 0.112. The number of hydrogen-bond donors (Lipinski definition) is 0. The standard InChI is InChI=1S/C14H9FO3/c15-11-3-1-10(2-4-11)12-5-9(7-16)6-13-14(12)18-8-17-13/h1-7H,8H2.